The van der Waals surface area contributed by atoms with E-state index in [1.165, 1.54) is 0 Å². The Bertz CT molecular complexity index is 1180. The zero-order valence-corrected chi connectivity index (χ0v) is 16.3. The van der Waals surface area contributed by atoms with Crippen molar-refractivity contribution in [2.75, 3.05) is 11.9 Å². The van der Waals surface area contributed by atoms with Crippen LogP contribution in [0.4, 0.5) is 5.69 Å². The van der Waals surface area contributed by atoms with Crippen LogP contribution in [0.5, 0.6) is 0 Å². The van der Waals surface area contributed by atoms with Crippen LogP contribution >= 0.6 is 11.6 Å². The molecule has 0 aliphatic heterocycles. The second-order valence-electron chi connectivity index (χ2n) is 6.72. The van der Waals surface area contributed by atoms with Gasteiger partial charge in [0.1, 0.15) is 11.2 Å². The number of benzene rings is 3. The number of halogens is 1. The molecular weight excluding hydrogens is 388 g/mol. The number of rotatable bonds is 6. The van der Waals surface area contributed by atoms with Crippen LogP contribution in [0.1, 0.15) is 23.2 Å². The van der Waals surface area contributed by atoms with Crippen molar-refractivity contribution in [2.45, 2.75) is 12.8 Å². The van der Waals surface area contributed by atoms with E-state index in [0.717, 1.165) is 27.6 Å². The third kappa shape index (κ3) is 4.41. The number of nitrogens with one attached hydrogen (secondary N) is 2. The van der Waals surface area contributed by atoms with Gasteiger partial charge < -0.3 is 15.1 Å². The summed E-state index contributed by atoms with van der Waals surface area (Å²) in [6.45, 7) is 0.417. The highest BCUT2D eigenvalue weighted by Crippen LogP contribution is 2.30. The number of carbonyl (C=O) groups excluding carboxylic acids is 2. The van der Waals surface area contributed by atoms with Crippen molar-refractivity contribution in [2.24, 2.45) is 0 Å². The summed E-state index contributed by atoms with van der Waals surface area (Å²) in [5.74, 6) is -0.280. The smallest absolute Gasteiger partial charge is 0.251 e. The van der Waals surface area contributed by atoms with Crippen LogP contribution in [0.15, 0.2) is 71.1 Å². The molecule has 0 aliphatic carbocycles. The third-order valence-electron chi connectivity index (χ3n) is 4.63. The quantitative estimate of drug-likeness (QED) is 0.422. The Balaban J connectivity index is 1.30. The molecule has 4 aromatic rings. The third-order valence-corrected chi connectivity index (χ3v) is 4.89. The minimum absolute atomic E-state index is 0.0992. The van der Waals surface area contributed by atoms with E-state index < -0.39 is 0 Å². The van der Waals surface area contributed by atoms with Gasteiger partial charge >= 0.3 is 0 Å². The molecule has 3 aromatic carbocycles. The van der Waals surface area contributed by atoms with E-state index in [4.69, 9.17) is 16.0 Å². The van der Waals surface area contributed by atoms with Crippen LogP contribution in [0.3, 0.4) is 0 Å². The highest BCUT2D eigenvalue weighted by molar-refractivity contribution is 6.30. The van der Waals surface area contributed by atoms with E-state index in [1.807, 2.05) is 42.5 Å². The van der Waals surface area contributed by atoms with Crippen molar-refractivity contribution < 1.29 is 14.0 Å². The van der Waals surface area contributed by atoms with Crippen molar-refractivity contribution in [3.63, 3.8) is 0 Å². The number of fused-ring (bicyclic) bond motifs is 3. The number of para-hydroxylation sites is 1. The Morgan fingerprint density at radius 2 is 1.66 bits per heavy atom. The van der Waals surface area contributed by atoms with Gasteiger partial charge in [-0.1, -0.05) is 29.8 Å². The number of hydrogen-bond donors (Lipinski definition) is 2. The molecular formula is C23H19ClN2O3. The van der Waals surface area contributed by atoms with Crippen molar-refractivity contribution in [1.82, 2.24) is 5.32 Å². The minimum Gasteiger partial charge on any atom is -0.456 e. The lowest BCUT2D eigenvalue weighted by Crippen LogP contribution is -2.25. The Labute approximate surface area is 172 Å². The Hall–Kier alpha value is -3.31. The number of carbonyl (C=O) groups is 2. The van der Waals surface area contributed by atoms with E-state index in [1.54, 1.807) is 24.3 Å². The maximum absolute atomic E-state index is 12.2. The molecule has 0 radical (unpaired) electrons. The molecule has 6 heteroatoms. The first-order valence-electron chi connectivity index (χ1n) is 9.35. The SMILES string of the molecule is O=C(CCCNC(=O)c1ccc(Cl)cc1)Nc1ccc2oc3ccccc3c2c1. The first-order valence-corrected chi connectivity index (χ1v) is 9.73. The van der Waals surface area contributed by atoms with Gasteiger partial charge in [-0.15, -0.1) is 0 Å². The van der Waals surface area contributed by atoms with Gasteiger partial charge in [-0.3, -0.25) is 9.59 Å². The fourth-order valence-electron chi connectivity index (χ4n) is 3.18. The van der Waals surface area contributed by atoms with Crippen molar-refractivity contribution >= 4 is 51.0 Å². The van der Waals surface area contributed by atoms with Crippen molar-refractivity contribution in [1.29, 1.82) is 0 Å². The first-order chi connectivity index (χ1) is 14.1. The molecule has 0 spiro atoms. The molecule has 0 bridgehead atoms. The van der Waals surface area contributed by atoms with Crippen LogP contribution in [-0.4, -0.2) is 18.4 Å². The summed E-state index contributed by atoms with van der Waals surface area (Å²) < 4.78 is 5.80. The van der Waals surface area contributed by atoms with Crippen molar-refractivity contribution in [3.8, 4) is 0 Å². The summed E-state index contributed by atoms with van der Waals surface area (Å²) >= 11 is 5.82. The van der Waals surface area contributed by atoms with E-state index in [2.05, 4.69) is 10.6 Å². The molecule has 2 N–H and O–H groups in total. The van der Waals surface area contributed by atoms with Crippen molar-refractivity contribution in [3.05, 3.63) is 77.3 Å². The Morgan fingerprint density at radius 3 is 2.48 bits per heavy atom. The molecule has 0 unspecified atom stereocenters. The molecule has 0 saturated heterocycles. The highest BCUT2D eigenvalue weighted by Gasteiger charge is 2.09. The lowest BCUT2D eigenvalue weighted by atomic mass is 10.1. The van der Waals surface area contributed by atoms with Gasteiger partial charge in [0, 0.05) is 40.0 Å². The molecule has 5 nitrogen and oxygen atoms in total. The average Bonchev–Trinajstić information content (AvgIpc) is 3.09. The fourth-order valence-corrected chi connectivity index (χ4v) is 3.31. The summed E-state index contributed by atoms with van der Waals surface area (Å²) in [4.78, 5) is 24.3. The van der Waals surface area contributed by atoms with Crippen LogP contribution in [0.2, 0.25) is 5.02 Å². The monoisotopic (exact) mass is 406 g/mol. The second kappa shape index (κ2) is 8.37. The van der Waals surface area contributed by atoms with E-state index >= 15 is 0 Å². The van der Waals surface area contributed by atoms with Crippen LogP contribution in [0, 0.1) is 0 Å². The zero-order chi connectivity index (χ0) is 20.2. The fraction of sp³-hybridized carbons (Fsp3) is 0.130. The molecule has 0 fully saturated rings. The van der Waals surface area contributed by atoms with Gasteiger partial charge in [0.2, 0.25) is 5.91 Å². The molecule has 29 heavy (non-hydrogen) atoms. The average molecular weight is 407 g/mol. The number of amides is 2. The highest BCUT2D eigenvalue weighted by atomic mass is 35.5. The van der Waals surface area contributed by atoms with Gasteiger partial charge in [-0.2, -0.15) is 0 Å². The summed E-state index contributed by atoms with van der Waals surface area (Å²) in [7, 11) is 0. The van der Waals surface area contributed by atoms with E-state index in [9.17, 15) is 9.59 Å². The summed E-state index contributed by atoms with van der Waals surface area (Å²) in [5, 5.41) is 8.28. The predicted octanol–water partition coefficient (Wildman–Crippen LogP) is 5.39. The molecule has 2 amide bonds. The van der Waals surface area contributed by atoms with Crippen LogP contribution < -0.4 is 10.6 Å². The predicted molar refractivity (Wildman–Crippen MR) is 115 cm³/mol. The standard InChI is InChI=1S/C23H19ClN2O3/c24-16-9-7-15(8-10-16)23(28)25-13-3-6-22(27)26-17-11-12-21-19(14-17)18-4-1-2-5-20(18)29-21/h1-2,4-5,7-12,14H,3,6,13H2,(H,25,28)(H,26,27). The molecule has 0 aliphatic rings. The normalized spacial score (nSPS) is 10.9. The molecule has 1 aromatic heterocycles. The largest absolute Gasteiger partial charge is 0.456 e. The molecule has 146 valence electrons. The molecule has 0 saturated carbocycles. The summed E-state index contributed by atoms with van der Waals surface area (Å²) in [6, 6.07) is 20.1. The summed E-state index contributed by atoms with van der Waals surface area (Å²) in [6.07, 6.45) is 0.854. The number of anilines is 1. The number of hydrogen-bond acceptors (Lipinski definition) is 3. The van der Waals surface area contributed by atoms with Gasteiger partial charge in [-0.05, 0) is 55.0 Å². The van der Waals surface area contributed by atoms with Crippen LogP contribution in [0.25, 0.3) is 21.9 Å². The topological polar surface area (TPSA) is 71.3 Å². The van der Waals surface area contributed by atoms with Gasteiger partial charge in [-0.25, -0.2) is 0 Å². The van der Waals surface area contributed by atoms with Crippen LogP contribution in [-0.2, 0) is 4.79 Å². The van der Waals surface area contributed by atoms with Gasteiger partial charge in [0.05, 0.1) is 0 Å². The second-order valence-corrected chi connectivity index (χ2v) is 7.16. The number of furan rings is 1. The molecule has 1 heterocycles. The Morgan fingerprint density at radius 1 is 0.897 bits per heavy atom. The maximum atomic E-state index is 12.2. The lowest BCUT2D eigenvalue weighted by molar-refractivity contribution is -0.116. The molecule has 0 atom stereocenters. The Kier molecular flexibility index (Phi) is 5.49. The van der Waals surface area contributed by atoms with E-state index in [-0.39, 0.29) is 11.8 Å². The zero-order valence-electron chi connectivity index (χ0n) is 15.6. The molecule has 4 rings (SSSR count). The maximum Gasteiger partial charge on any atom is 0.251 e. The first kappa shape index (κ1) is 19.0. The minimum atomic E-state index is -0.181. The van der Waals surface area contributed by atoms with Gasteiger partial charge in [0.15, 0.2) is 0 Å². The van der Waals surface area contributed by atoms with E-state index in [0.29, 0.717) is 30.0 Å². The van der Waals surface area contributed by atoms with Gasteiger partial charge in [0.25, 0.3) is 5.91 Å². The summed E-state index contributed by atoms with van der Waals surface area (Å²) in [5.41, 5.74) is 2.87. The lowest BCUT2D eigenvalue weighted by Gasteiger charge is -2.07.